The van der Waals surface area contributed by atoms with Crippen LogP contribution in [0.2, 0.25) is 5.02 Å². The minimum absolute atomic E-state index is 0.467. The highest BCUT2D eigenvalue weighted by molar-refractivity contribution is 7.17. The SMILES string of the molecule is COCCn1ncc(Cl)c1C(O)c1csc2ccccc12. The normalized spacial score (nSPS) is 12.9. The summed E-state index contributed by atoms with van der Waals surface area (Å²) in [6, 6.07) is 8.01. The summed E-state index contributed by atoms with van der Waals surface area (Å²) in [6.07, 6.45) is 0.762. The maximum Gasteiger partial charge on any atom is 0.124 e. The number of halogens is 1. The van der Waals surface area contributed by atoms with Gasteiger partial charge in [-0.2, -0.15) is 5.10 Å². The number of hydrogen-bond acceptors (Lipinski definition) is 4. The number of aromatic nitrogens is 2. The van der Waals surface area contributed by atoms with Gasteiger partial charge in [-0.1, -0.05) is 29.8 Å². The van der Waals surface area contributed by atoms with Crippen LogP contribution in [0.3, 0.4) is 0 Å². The van der Waals surface area contributed by atoms with Crippen LogP contribution >= 0.6 is 22.9 Å². The van der Waals surface area contributed by atoms with E-state index >= 15 is 0 Å². The Balaban J connectivity index is 2.02. The van der Waals surface area contributed by atoms with Crippen LogP contribution in [-0.2, 0) is 11.3 Å². The predicted molar refractivity (Wildman–Crippen MR) is 85.0 cm³/mol. The minimum Gasteiger partial charge on any atom is -0.383 e. The second-order valence-corrected chi connectivity index (χ2v) is 6.00. The third-order valence-electron chi connectivity index (χ3n) is 3.40. The number of benzene rings is 1. The fourth-order valence-corrected chi connectivity index (χ4v) is 3.58. The number of fused-ring (bicyclic) bond motifs is 1. The molecule has 6 heteroatoms. The Morgan fingerprint density at radius 2 is 2.24 bits per heavy atom. The van der Waals surface area contributed by atoms with Gasteiger partial charge in [-0.3, -0.25) is 4.68 Å². The monoisotopic (exact) mass is 322 g/mol. The zero-order valence-electron chi connectivity index (χ0n) is 11.5. The third-order valence-corrected chi connectivity index (χ3v) is 4.68. The lowest BCUT2D eigenvalue weighted by molar-refractivity contribution is 0.172. The molecule has 0 amide bonds. The van der Waals surface area contributed by atoms with Gasteiger partial charge in [0.1, 0.15) is 6.10 Å². The molecule has 1 N–H and O–H groups in total. The van der Waals surface area contributed by atoms with Gasteiger partial charge >= 0.3 is 0 Å². The second-order valence-electron chi connectivity index (χ2n) is 4.68. The molecule has 1 atom stereocenters. The highest BCUT2D eigenvalue weighted by Crippen LogP contribution is 2.35. The van der Waals surface area contributed by atoms with Crippen LogP contribution in [0.4, 0.5) is 0 Å². The fourth-order valence-electron chi connectivity index (χ4n) is 2.36. The molecule has 2 aromatic heterocycles. The van der Waals surface area contributed by atoms with Crippen molar-refractivity contribution in [1.82, 2.24) is 9.78 Å². The Kier molecular flexibility index (Phi) is 4.26. The van der Waals surface area contributed by atoms with E-state index in [0.717, 1.165) is 15.6 Å². The molecule has 0 radical (unpaired) electrons. The van der Waals surface area contributed by atoms with E-state index in [1.807, 2.05) is 29.6 Å². The topological polar surface area (TPSA) is 47.3 Å². The van der Waals surface area contributed by atoms with Crippen LogP contribution < -0.4 is 0 Å². The van der Waals surface area contributed by atoms with E-state index in [4.69, 9.17) is 16.3 Å². The number of ether oxygens (including phenoxy) is 1. The van der Waals surface area contributed by atoms with E-state index in [1.54, 1.807) is 29.3 Å². The Morgan fingerprint density at radius 1 is 1.43 bits per heavy atom. The smallest absolute Gasteiger partial charge is 0.124 e. The van der Waals surface area contributed by atoms with Crippen molar-refractivity contribution in [3.63, 3.8) is 0 Å². The zero-order valence-corrected chi connectivity index (χ0v) is 13.1. The summed E-state index contributed by atoms with van der Waals surface area (Å²) in [5, 5.41) is 18.4. The van der Waals surface area contributed by atoms with Crippen molar-refractivity contribution in [3.8, 4) is 0 Å². The van der Waals surface area contributed by atoms with Gasteiger partial charge in [0.05, 0.1) is 30.1 Å². The summed E-state index contributed by atoms with van der Waals surface area (Å²) in [5.74, 6) is 0. The van der Waals surface area contributed by atoms with Gasteiger partial charge in [-0.05, 0) is 16.8 Å². The summed E-state index contributed by atoms with van der Waals surface area (Å²) < 4.78 is 7.91. The highest BCUT2D eigenvalue weighted by atomic mass is 35.5. The standard InChI is InChI=1S/C15H15ClN2O2S/c1-20-7-6-18-14(12(16)8-17-18)15(19)11-9-21-13-5-3-2-4-10(11)13/h2-5,8-9,15,19H,6-7H2,1H3. The number of rotatable bonds is 5. The lowest BCUT2D eigenvalue weighted by Gasteiger charge is -2.13. The molecule has 0 bridgehead atoms. The van der Waals surface area contributed by atoms with E-state index in [2.05, 4.69) is 5.10 Å². The Morgan fingerprint density at radius 3 is 3.05 bits per heavy atom. The number of aliphatic hydroxyl groups is 1. The van der Waals surface area contributed by atoms with Gasteiger partial charge in [0.15, 0.2) is 0 Å². The largest absolute Gasteiger partial charge is 0.383 e. The van der Waals surface area contributed by atoms with Crippen LogP contribution in [-0.4, -0.2) is 28.6 Å². The van der Waals surface area contributed by atoms with E-state index in [9.17, 15) is 5.11 Å². The maximum absolute atomic E-state index is 10.7. The van der Waals surface area contributed by atoms with Gasteiger partial charge in [0, 0.05) is 17.4 Å². The van der Waals surface area contributed by atoms with Gasteiger partial charge in [0.2, 0.25) is 0 Å². The maximum atomic E-state index is 10.7. The number of nitrogens with zero attached hydrogens (tertiary/aromatic N) is 2. The Labute approximate surface area is 131 Å². The van der Waals surface area contributed by atoms with Crippen molar-refractivity contribution in [2.45, 2.75) is 12.6 Å². The predicted octanol–water partition coefficient (Wildman–Crippen LogP) is 3.48. The van der Waals surface area contributed by atoms with E-state index in [1.165, 1.54) is 0 Å². The highest BCUT2D eigenvalue weighted by Gasteiger charge is 2.22. The first kappa shape index (κ1) is 14.5. The number of aliphatic hydroxyl groups excluding tert-OH is 1. The first-order valence-corrected chi connectivity index (χ1v) is 7.82. The molecule has 21 heavy (non-hydrogen) atoms. The van der Waals surface area contributed by atoms with Crippen LogP contribution in [0.25, 0.3) is 10.1 Å². The van der Waals surface area contributed by atoms with Crippen LogP contribution in [0, 0.1) is 0 Å². The average Bonchev–Trinajstić information content (AvgIpc) is 3.08. The first-order valence-electron chi connectivity index (χ1n) is 6.56. The second kappa shape index (κ2) is 6.15. The van der Waals surface area contributed by atoms with Crippen molar-refractivity contribution in [2.24, 2.45) is 0 Å². The van der Waals surface area contributed by atoms with Gasteiger partial charge in [-0.25, -0.2) is 0 Å². The van der Waals surface area contributed by atoms with E-state index < -0.39 is 6.10 Å². The van der Waals surface area contributed by atoms with Gasteiger partial charge in [-0.15, -0.1) is 11.3 Å². The van der Waals surface area contributed by atoms with Gasteiger partial charge in [0.25, 0.3) is 0 Å². The van der Waals surface area contributed by atoms with Gasteiger partial charge < -0.3 is 9.84 Å². The molecule has 0 aliphatic heterocycles. The van der Waals surface area contributed by atoms with Crippen LogP contribution in [0.1, 0.15) is 17.4 Å². The molecular weight excluding hydrogens is 308 g/mol. The van der Waals surface area contributed by atoms with Crippen molar-refractivity contribution in [2.75, 3.05) is 13.7 Å². The molecule has 0 aliphatic rings. The molecule has 0 saturated heterocycles. The lowest BCUT2D eigenvalue weighted by atomic mass is 10.1. The molecule has 0 saturated carbocycles. The fraction of sp³-hybridized carbons (Fsp3) is 0.267. The summed E-state index contributed by atoms with van der Waals surface area (Å²) in [6.45, 7) is 1.07. The molecule has 3 aromatic rings. The van der Waals surface area contributed by atoms with E-state index in [-0.39, 0.29) is 0 Å². The molecular formula is C15H15ClN2O2S. The molecule has 1 aromatic carbocycles. The molecule has 2 heterocycles. The summed E-state index contributed by atoms with van der Waals surface area (Å²) in [5.41, 5.74) is 1.47. The molecule has 0 fully saturated rings. The number of methoxy groups -OCH3 is 1. The average molecular weight is 323 g/mol. The van der Waals surface area contributed by atoms with Crippen molar-refractivity contribution < 1.29 is 9.84 Å². The molecule has 3 rings (SSSR count). The summed E-state index contributed by atoms with van der Waals surface area (Å²) in [7, 11) is 1.63. The molecule has 110 valence electrons. The minimum atomic E-state index is -0.798. The number of hydrogen-bond donors (Lipinski definition) is 1. The van der Waals surface area contributed by atoms with Crippen molar-refractivity contribution in [1.29, 1.82) is 0 Å². The lowest BCUT2D eigenvalue weighted by Crippen LogP contribution is -2.13. The summed E-state index contributed by atoms with van der Waals surface area (Å²) in [4.78, 5) is 0. The van der Waals surface area contributed by atoms with Crippen LogP contribution in [0.15, 0.2) is 35.8 Å². The molecule has 0 spiro atoms. The van der Waals surface area contributed by atoms with Crippen molar-refractivity contribution in [3.05, 3.63) is 52.1 Å². The molecule has 4 nitrogen and oxygen atoms in total. The number of thiophene rings is 1. The van der Waals surface area contributed by atoms with Crippen molar-refractivity contribution >= 4 is 33.0 Å². The zero-order chi connectivity index (χ0) is 14.8. The van der Waals surface area contributed by atoms with E-state index in [0.29, 0.717) is 23.9 Å². The van der Waals surface area contributed by atoms with Crippen LogP contribution in [0.5, 0.6) is 0 Å². The summed E-state index contributed by atoms with van der Waals surface area (Å²) >= 11 is 7.82. The third kappa shape index (κ3) is 2.70. The first-order chi connectivity index (χ1) is 10.2. The molecule has 0 aliphatic carbocycles. The quantitative estimate of drug-likeness (QED) is 0.782. The molecule has 1 unspecified atom stereocenters. The Hall–Kier alpha value is -1.40. The Bertz CT molecular complexity index is 753.